The third kappa shape index (κ3) is 4.68. The Morgan fingerprint density at radius 1 is 1.21 bits per heavy atom. The molecule has 0 fully saturated rings. The maximum Gasteiger partial charge on any atom is 0.0205 e. The van der Waals surface area contributed by atoms with E-state index < -0.39 is 0 Å². The summed E-state index contributed by atoms with van der Waals surface area (Å²) in [5, 5.41) is 3.44. The molecule has 1 rings (SSSR count). The maximum absolute atomic E-state index is 3.44. The second kappa shape index (κ2) is 6.91. The van der Waals surface area contributed by atoms with Crippen molar-refractivity contribution in [3.63, 3.8) is 0 Å². The molecule has 0 amide bonds. The lowest BCUT2D eigenvalue weighted by Crippen LogP contribution is -2.15. The van der Waals surface area contributed by atoms with E-state index in [1.54, 1.807) is 0 Å². The van der Waals surface area contributed by atoms with Crippen molar-refractivity contribution >= 4 is 11.8 Å². The van der Waals surface area contributed by atoms with Crippen LogP contribution in [0.1, 0.15) is 17.5 Å². The lowest BCUT2D eigenvalue weighted by molar-refractivity contribution is 0.679. The van der Waals surface area contributed by atoms with Crippen LogP contribution in [0.3, 0.4) is 0 Å². The first-order valence-electron chi connectivity index (χ1n) is 5.08. The highest BCUT2D eigenvalue weighted by Gasteiger charge is 1.91. The van der Waals surface area contributed by atoms with Crippen molar-refractivity contribution in [3.8, 4) is 0 Å². The van der Waals surface area contributed by atoms with E-state index in [0.717, 1.165) is 13.1 Å². The van der Waals surface area contributed by atoms with Gasteiger partial charge in [0.25, 0.3) is 0 Å². The molecule has 78 valence electrons. The van der Waals surface area contributed by atoms with Crippen LogP contribution in [0, 0.1) is 6.92 Å². The van der Waals surface area contributed by atoms with E-state index in [4.69, 9.17) is 0 Å². The van der Waals surface area contributed by atoms with Crippen LogP contribution < -0.4 is 5.32 Å². The molecular formula is C12H19NS. The van der Waals surface area contributed by atoms with E-state index in [1.165, 1.54) is 23.3 Å². The van der Waals surface area contributed by atoms with Crippen molar-refractivity contribution in [2.24, 2.45) is 0 Å². The molecule has 0 bridgehead atoms. The third-order valence-electron chi connectivity index (χ3n) is 2.15. The van der Waals surface area contributed by atoms with Crippen molar-refractivity contribution in [2.45, 2.75) is 19.9 Å². The van der Waals surface area contributed by atoms with E-state index in [9.17, 15) is 0 Å². The molecule has 0 radical (unpaired) electrons. The normalized spacial score (nSPS) is 10.4. The molecule has 0 aromatic heterocycles. The van der Waals surface area contributed by atoms with Gasteiger partial charge in [0.05, 0.1) is 0 Å². The van der Waals surface area contributed by atoms with Crippen molar-refractivity contribution in [1.29, 1.82) is 0 Å². The van der Waals surface area contributed by atoms with Gasteiger partial charge in [-0.25, -0.2) is 0 Å². The molecule has 0 aliphatic carbocycles. The molecule has 0 spiro atoms. The molecule has 2 heteroatoms. The first kappa shape index (κ1) is 11.6. The van der Waals surface area contributed by atoms with Crippen molar-refractivity contribution < 1.29 is 0 Å². The van der Waals surface area contributed by atoms with Gasteiger partial charge in [-0.3, -0.25) is 0 Å². The molecule has 1 aromatic carbocycles. The van der Waals surface area contributed by atoms with Crippen LogP contribution in [0.4, 0.5) is 0 Å². The van der Waals surface area contributed by atoms with Gasteiger partial charge in [-0.15, -0.1) is 0 Å². The number of nitrogens with one attached hydrogen (secondary N) is 1. The minimum absolute atomic E-state index is 0.995. The Morgan fingerprint density at radius 3 is 2.57 bits per heavy atom. The molecule has 1 aromatic rings. The Balaban J connectivity index is 2.15. The van der Waals surface area contributed by atoms with E-state index in [2.05, 4.69) is 42.8 Å². The summed E-state index contributed by atoms with van der Waals surface area (Å²) in [5.74, 6) is 1.25. The number of aryl methyl sites for hydroxylation is 1. The van der Waals surface area contributed by atoms with Crippen LogP contribution in [-0.4, -0.2) is 18.6 Å². The summed E-state index contributed by atoms with van der Waals surface area (Å²) < 4.78 is 0. The smallest absolute Gasteiger partial charge is 0.0205 e. The third-order valence-corrected chi connectivity index (χ3v) is 2.85. The predicted octanol–water partition coefficient (Wildman–Crippen LogP) is 2.84. The minimum Gasteiger partial charge on any atom is -0.313 e. The van der Waals surface area contributed by atoms with Gasteiger partial charge < -0.3 is 5.32 Å². The summed E-state index contributed by atoms with van der Waals surface area (Å²) in [7, 11) is 0. The summed E-state index contributed by atoms with van der Waals surface area (Å²) in [6.07, 6.45) is 3.41. The topological polar surface area (TPSA) is 12.0 Å². The summed E-state index contributed by atoms with van der Waals surface area (Å²) in [5.41, 5.74) is 2.70. The van der Waals surface area contributed by atoms with Gasteiger partial charge in [0.1, 0.15) is 0 Å². The zero-order valence-electron chi connectivity index (χ0n) is 9.05. The first-order chi connectivity index (χ1) is 6.83. The highest BCUT2D eigenvalue weighted by molar-refractivity contribution is 7.98. The van der Waals surface area contributed by atoms with Gasteiger partial charge in [0.2, 0.25) is 0 Å². The number of hydrogen-bond acceptors (Lipinski definition) is 2. The zero-order chi connectivity index (χ0) is 10.2. The highest BCUT2D eigenvalue weighted by Crippen LogP contribution is 2.02. The largest absolute Gasteiger partial charge is 0.313 e. The van der Waals surface area contributed by atoms with Crippen LogP contribution in [0.2, 0.25) is 0 Å². The summed E-state index contributed by atoms with van der Waals surface area (Å²) in [4.78, 5) is 0. The predicted molar refractivity (Wildman–Crippen MR) is 65.9 cm³/mol. The fraction of sp³-hybridized carbons (Fsp3) is 0.500. The molecule has 0 saturated carbocycles. The Labute approximate surface area is 91.3 Å². The lowest BCUT2D eigenvalue weighted by Gasteiger charge is -2.04. The molecule has 0 saturated heterocycles. The van der Waals surface area contributed by atoms with Gasteiger partial charge in [-0.05, 0) is 37.5 Å². The number of benzene rings is 1. The fourth-order valence-electron chi connectivity index (χ4n) is 1.28. The molecule has 1 nitrogen and oxygen atoms in total. The minimum atomic E-state index is 0.995. The van der Waals surface area contributed by atoms with Gasteiger partial charge in [0, 0.05) is 6.54 Å². The quantitative estimate of drug-likeness (QED) is 0.723. The fourth-order valence-corrected chi connectivity index (χ4v) is 1.71. The summed E-state index contributed by atoms with van der Waals surface area (Å²) >= 11 is 1.91. The Bertz CT molecular complexity index is 243. The van der Waals surface area contributed by atoms with Gasteiger partial charge in [0.15, 0.2) is 0 Å². The molecular weight excluding hydrogens is 190 g/mol. The average molecular weight is 209 g/mol. The standard InChI is InChI=1S/C12H19NS/c1-11-4-6-12(7-5-11)10-13-8-3-9-14-2/h4-7,13H,3,8-10H2,1-2H3. The van der Waals surface area contributed by atoms with E-state index in [-0.39, 0.29) is 0 Å². The highest BCUT2D eigenvalue weighted by atomic mass is 32.2. The van der Waals surface area contributed by atoms with E-state index in [1.807, 2.05) is 11.8 Å². The van der Waals surface area contributed by atoms with Gasteiger partial charge >= 0.3 is 0 Å². The summed E-state index contributed by atoms with van der Waals surface area (Å²) in [6.45, 7) is 4.24. The maximum atomic E-state index is 3.44. The van der Waals surface area contributed by atoms with E-state index in [0.29, 0.717) is 0 Å². The zero-order valence-corrected chi connectivity index (χ0v) is 9.86. The first-order valence-corrected chi connectivity index (χ1v) is 6.47. The van der Waals surface area contributed by atoms with Crippen molar-refractivity contribution in [2.75, 3.05) is 18.6 Å². The Kier molecular flexibility index (Phi) is 5.72. The van der Waals surface area contributed by atoms with Crippen LogP contribution in [0.5, 0.6) is 0 Å². The molecule has 0 unspecified atom stereocenters. The van der Waals surface area contributed by atoms with Crippen LogP contribution in [0.15, 0.2) is 24.3 Å². The Morgan fingerprint density at radius 2 is 1.93 bits per heavy atom. The molecule has 0 atom stereocenters. The Hall–Kier alpha value is -0.470. The molecule has 0 aliphatic heterocycles. The number of thioether (sulfide) groups is 1. The van der Waals surface area contributed by atoms with Gasteiger partial charge in [-0.1, -0.05) is 29.8 Å². The molecule has 14 heavy (non-hydrogen) atoms. The monoisotopic (exact) mass is 209 g/mol. The van der Waals surface area contributed by atoms with Crippen LogP contribution in [-0.2, 0) is 6.54 Å². The molecule has 0 aliphatic rings. The average Bonchev–Trinajstić information content (AvgIpc) is 2.21. The SMILES string of the molecule is CSCCCNCc1ccc(C)cc1. The summed E-state index contributed by atoms with van der Waals surface area (Å²) in [6, 6.07) is 8.71. The second-order valence-corrected chi connectivity index (χ2v) is 4.49. The van der Waals surface area contributed by atoms with Gasteiger partial charge in [-0.2, -0.15) is 11.8 Å². The van der Waals surface area contributed by atoms with Crippen LogP contribution in [0.25, 0.3) is 0 Å². The van der Waals surface area contributed by atoms with Crippen molar-refractivity contribution in [3.05, 3.63) is 35.4 Å². The molecule has 0 heterocycles. The second-order valence-electron chi connectivity index (χ2n) is 3.51. The number of rotatable bonds is 6. The number of hydrogen-bond donors (Lipinski definition) is 1. The van der Waals surface area contributed by atoms with E-state index >= 15 is 0 Å². The van der Waals surface area contributed by atoms with Crippen molar-refractivity contribution in [1.82, 2.24) is 5.32 Å². The van der Waals surface area contributed by atoms with Crippen LogP contribution >= 0.6 is 11.8 Å². The lowest BCUT2D eigenvalue weighted by atomic mass is 10.1. The molecule has 1 N–H and O–H groups in total.